The van der Waals surface area contributed by atoms with Crippen LogP contribution >= 0.6 is 0 Å². The Hall–Kier alpha value is -0.570. The van der Waals surface area contributed by atoms with Crippen LogP contribution in [0.1, 0.15) is 34.6 Å². The summed E-state index contributed by atoms with van der Waals surface area (Å²) in [5.74, 6) is 0.420. The summed E-state index contributed by atoms with van der Waals surface area (Å²) in [6.45, 7) is 11.2. The van der Waals surface area contributed by atoms with Crippen LogP contribution in [0.15, 0.2) is 0 Å². The Bertz CT molecular complexity index is 234. The minimum absolute atomic E-state index is 0.157. The van der Waals surface area contributed by atoms with Gasteiger partial charge in [-0.05, 0) is 19.8 Å². The fourth-order valence-electron chi connectivity index (χ4n) is 1.72. The molecule has 1 aliphatic rings. The summed E-state index contributed by atoms with van der Waals surface area (Å²) >= 11 is 0. The number of hydrogen-bond donors (Lipinski definition) is 1. The van der Waals surface area contributed by atoms with E-state index in [0.29, 0.717) is 5.92 Å². The number of carbonyl (C=O) groups excluding carboxylic acids is 1. The first kappa shape index (κ1) is 11.5. The van der Waals surface area contributed by atoms with Crippen molar-refractivity contribution < 1.29 is 9.90 Å². The van der Waals surface area contributed by atoms with Crippen molar-refractivity contribution in [2.45, 2.75) is 40.2 Å². The largest absolute Gasteiger partial charge is 0.381 e. The predicted molar refractivity (Wildman–Crippen MR) is 55.8 cm³/mol. The van der Waals surface area contributed by atoms with Crippen molar-refractivity contribution in [3.05, 3.63) is 0 Å². The van der Waals surface area contributed by atoms with Crippen LogP contribution in [0.2, 0.25) is 0 Å². The summed E-state index contributed by atoms with van der Waals surface area (Å²) < 4.78 is 0. The highest BCUT2D eigenvalue weighted by Gasteiger charge is 2.46. The molecule has 0 saturated carbocycles. The van der Waals surface area contributed by atoms with E-state index in [1.165, 1.54) is 0 Å². The fourth-order valence-corrected chi connectivity index (χ4v) is 1.72. The Kier molecular flexibility index (Phi) is 2.65. The number of likely N-dealkylation sites (tertiary alicyclic amines) is 1. The van der Waals surface area contributed by atoms with Crippen LogP contribution in [0.4, 0.5) is 0 Å². The van der Waals surface area contributed by atoms with E-state index in [2.05, 4.69) is 20.8 Å². The summed E-state index contributed by atoms with van der Waals surface area (Å²) in [6, 6.07) is 0. The minimum Gasteiger partial charge on any atom is -0.381 e. The molecule has 0 aromatic heterocycles. The number of amides is 1. The lowest BCUT2D eigenvalue weighted by Gasteiger charge is -2.52. The molecule has 1 saturated heterocycles. The van der Waals surface area contributed by atoms with Crippen LogP contribution in [0.5, 0.6) is 0 Å². The van der Waals surface area contributed by atoms with E-state index in [9.17, 15) is 9.90 Å². The summed E-state index contributed by atoms with van der Waals surface area (Å²) in [5.41, 5.74) is -0.987. The molecule has 0 atom stereocenters. The molecule has 1 rings (SSSR count). The standard InChI is InChI=1S/C11H21NO2/c1-8(2)11(5)6-12(7-11)9(13)10(3,4)14/h8,14H,6-7H2,1-5H3. The van der Waals surface area contributed by atoms with E-state index in [4.69, 9.17) is 0 Å². The maximum Gasteiger partial charge on any atom is 0.253 e. The summed E-state index contributed by atoms with van der Waals surface area (Å²) in [5, 5.41) is 9.54. The monoisotopic (exact) mass is 199 g/mol. The molecular weight excluding hydrogens is 178 g/mol. The van der Waals surface area contributed by atoms with E-state index < -0.39 is 5.60 Å². The smallest absolute Gasteiger partial charge is 0.253 e. The van der Waals surface area contributed by atoms with Crippen LogP contribution in [-0.4, -0.2) is 34.6 Å². The average Bonchev–Trinajstić information content (AvgIpc) is 1.95. The Morgan fingerprint density at radius 3 is 2.14 bits per heavy atom. The quantitative estimate of drug-likeness (QED) is 0.727. The van der Waals surface area contributed by atoms with Gasteiger partial charge in [-0.1, -0.05) is 20.8 Å². The molecule has 1 N–H and O–H groups in total. The number of hydrogen-bond acceptors (Lipinski definition) is 2. The van der Waals surface area contributed by atoms with Gasteiger partial charge in [0.25, 0.3) is 5.91 Å². The Morgan fingerprint density at radius 1 is 1.43 bits per heavy atom. The van der Waals surface area contributed by atoms with Gasteiger partial charge in [-0.15, -0.1) is 0 Å². The van der Waals surface area contributed by atoms with Crippen molar-refractivity contribution in [2.75, 3.05) is 13.1 Å². The van der Waals surface area contributed by atoms with Gasteiger partial charge in [0.2, 0.25) is 0 Å². The van der Waals surface area contributed by atoms with Crippen LogP contribution in [0.3, 0.4) is 0 Å². The van der Waals surface area contributed by atoms with Crippen molar-refractivity contribution in [3.63, 3.8) is 0 Å². The molecule has 0 unspecified atom stereocenters. The number of nitrogens with zero attached hydrogens (tertiary/aromatic N) is 1. The maximum atomic E-state index is 11.6. The summed E-state index contributed by atoms with van der Waals surface area (Å²) in [4.78, 5) is 13.4. The van der Waals surface area contributed by atoms with E-state index in [1.54, 1.807) is 18.7 Å². The maximum absolute atomic E-state index is 11.6. The highest BCUT2D eigenvalue weighted by molar-refractivity contribution is 5.84. The third-order valence-corrected chi connectivity index (χ3v) is 3.31. The molecule has 0 bridgehead atoms. The molecular formula is C11H21NO2. The van der Waals surface area contributed by atoms with E-state index in [1.807, 2.05) is 0 Å². The van der Waals surface area contributed by atoms with Crippen molar-refractivity contribution in [1.82, 2.24) is 4.90 Å². The normalized spacial score (nSPS) is 20.9. The zero-order valence-corrected chi connectivity index (χ0v) is 9.79. The van der Waals surface area contributed by atoms with E-state index >= 15 is 0 Å². The molecule has 3 nitrogen and oxygen atoms in total. The van der Waals surface area contributed by atoms with Gasteiger partial charge in [-0.25, -0.2) is 0 Å². The van der Waals surface area contributed by atoms with Crippen LogP contribution in [0, 0.1) is 11.3 Å². The zero-order chi connectivity index (χ0) is 11.1. The van der Waals surface area contributed by atoms with Gasteiger partial charge in [0.1, 0.15) is 5.60 Å². The predicted octanol–water partition coefficient (Wildman–Crippen LogP) is 1.26. The first-order valence-corrected chi connectivity index (χ1v) is 5.18. The molecule has 82 valence electrons. The molecule has 0 spiro atoms. The van der Waals surface area contributed by atoms with Crippen molar-refractivity contribution in [2.24, 2.45) is 11.3 Å². The van der Waals surface area contributed by atoms with Crippen LogP contribution in [0.25, 0.3) is 0 Å². The Morgan fingerprint density at radius 2 is 1.86 bits per heavy atom. The summed E-state index contributed by atoms with van der Waals surface area (Å²) in [7, 11) is 0. The lowest BCUT2D eigenvalue weighted by molar-refractivity contribution is -0.162. The van der Waals surface area contributed by atoms with E-state index in [0.717, 1.165) is 13.1 Å². The van der Waals surface area contributed by atoms with Gasteiger partial charge in [0.05, 0.1) is 0 Å². The molecule has 0 aromatic rings. The van der Waals surface area contributed by atoms with Gasteiger partial charge in [-0.3, -0.25) is 4.79 Å². The first-order chi connectivity index (χ1) is 6.17. The molecule has 1 heterocycles. The van der Waals surface area contributed by atoms with Gasteiger partial charge in [-0.2, -0.15) is 0 Å². The first-order valence-electron chi connectivity index (χ1n) is 5.18. The van der Waals surface area contributed by atoms with Crippen molar-refractivity contribution in [3.8, 4) is 0 Å². The minimum atomic E-state index is -1.22. The second-order valence-corrected chi connectivity index (χ2v) is 5.53. The lowest BCUT2D eigenvalue weighted by Crippen LogP contribution is -2.62. The molecule has 1 amide bonds. The fraction of sp³-hybridized carbons (Fsp3) is 0.909. The third-order valence-electron chi connectivity index (χ3n) is 3.31. The number of aliphatic hydroxyl groups is 1. The summed E-state index contributed by atoms with van der Waals surface area (Å²) in [6.07, 6.45) is 0. The highest BCUT2D eigenvalue weighted by atomic mass is 16.3. The lowest BCUT2D eigenvalue weighted by atomic mass is 9.72. The van der Waals surface area contributed by atoms with E-state index in [-0.39, 0.29) is 11.3 Å². The van der Waals surface area contributed by atoms with Gasteiger partial charge >= 0.3 is 0 Å². The van der Waals surface area contributed by atoms with Crippen molar-refractivity contribution >= 4 is 5.91 Å². The van der Waals surface area contributed by atoms with Crippen LogP contribution in [-0.2, 0) is 4.79 Å². The molecule has 1 aliphatic heterocycles. The van der Waals surface area contributed by atoms with Gasteiger partial charge in [0.15, 0.2) is 0 Å². The molecule has 0 radical (unpaired) electrons. The Balaban J connectivity index is 2.54. The molecule has 3 heteroatoms. The Labute approximate surface area is 86.1 Å². The molecule has 0 aliphatic carbocycles. The number of rotatable bonds is 2. The highest BCUT2D eigenvalue weighted by Crippen LogP contribution is 2.37. The van der Waals surface area contributed by atoms with Gasteiger partial charge < -0.3 is 10.0 Å². The van der Waals surface area contributed by atoms with Crippen molar-refractivity contribution in [1.29, 1.82) is 0 Å². The van der Waals surface area contributed by atoms with Crippen LogP contribution < -0.4 is 0 Å². The molecule has 0 aromatic carbocycles. The second kappa shape index (κ2) is 3.23. The number of carbonyl (C=O) groups is 1. The topological polar surface area (TPSA) is 40.5 Å². The average molecular weight is 199 g/mol. The SMILES string of the molecule is CC(C)C1(C)CN(C(=O)C(C)(C)O)C1. The van der Waals surface area contributed by atoms with Gasteiger partial charge in [0, 0.05) is 18.5 Å². The second-order valence-electron chi connectivity index (χ2n) is 5.53. The molecule has 1 fully saturated rings. The molecule has 14 heavy (non-hydrogen) atoms. The zero-order valence-electron chi connectivity index (χ0n) is 9.79. The third kappa shape index (κ3) is 1.92.